The minimum atomic E-state index is -0.133. The second-order valence-corrected chi connectivity index (χ2v) is 9.91. The number of anilines is 2. The molecule has 1 N–H and O–H groups in total. The molecule has 2 heteroatoms. The summed E-state index contributed by atoms with van der Waals surface area (Å²) in [6.07, 6.45) is 0. The zero-order valence-corrected chi connectivity index (χ0v) is 19.8. The van der Waals surface area contributed by atoms with E-state index in [1.807, 2.05) is 12.1 Å². The largest absolute Gasteiger partial charge is 0.456 e. The summed E-state index contributed by atoms with van der Waals surface area (Å²) in [5.74, 6) is 0. The van der Waals surface area contributed by atoms with Crippen LogP contribution in [0.15, 0.2) is 114 Å². The van der Waals surface area contributed by atoms with Crippen LogP contribution in [-0.2, 0) is 5.41 Å². The van der Waals surface area contributed by atoms with Crippen molar-refractivity contribution in [2.75, 3.05) is 5.32 Å². The van der Waals surface area contributed by atoms with Gasteiger partial charge in [0.25, 0.3) is 0 Å². The Balaban J connectivity index is 1.28. The van der Waals surface area contributed by atoms with Crippen LogP contribution in [0.3, 0.4) is 0 Å². The fourth-order valence-electron chi connectivity index (χ4n) is 5.74. The van der Waals surface area contributed by atoms with E-state index >= 15 is 0 Å². The molecule has 6 aromatic rings. The fourth-order valence-corrected chi connectivity index (χ4v) is 5.74. The molecule has 1 aliphatic carbocycles. The molecule has 5 aromatic carbocycles. The van der Waals surface area contributed by atoms with Crippen LogP contribution >= 0.6 is 0 Å². The zero-order chi connectivity index (χ0) is 23.6. The monoisotopic (exact) mass is 451 g/mol. The lowest BCUT2D eigenvalue weighted by Gasteiger charge is -2.23. The number of hydrogen-bond donors (Lipinski definition) is 1. The predicted octanol–water partition coefficient (Wildman–Crippen LogP) is 9.30. The third-order valence-corrected chi connectivity index (χ3v) is 7.43. The summed E-state index contributed by atoms with van der Waals surface area (Å²) in [4.78, 5) is 0. The summed E-state index contributed by atoms with van der Waals surface area (Å²) < 4.78 is 6.20. The van der Waals surface area contributed by atoms with Gasteiger partial charge in [-0.15, -0.1) is 0 Å². The molecule has 1 aliphatic rings. The van der Waals surface area contributed by atoms with E-state index in [2.05, 4.69) is 116 Å². The molecule has 0 fully saturated rings. The third kappa shape index (κ3) is 3.03. The van der Waals surface area contributed by atoms with E-state index in [1.165, 1.54) is 44.2 Å². The molecule has 0 saturated heterocycles. The molecule has 0 bridgehead atoms. The molecule has 7 rings (SSSR count). The van der Waals surface area contributed by atoms with Crippen molar-refractivity contribution in [1.82, 2.24) is 0 Å². The van der Waals surface area contributed by atoms with Crippen LogP contribution in [0.1, 0.15) is 25.0 Å². The van der Waals surface area contributed by atoms with Gasteiger partial charge in [0.15, 0.2) is 0 Å². The maximum atomic E-state index is 6.20. The Labute approximate surface area is 204 Å². The molecule has 0 amide bonds. The first-order valence-corrected chi connectivity index (χ1v) is 12.1. The highest BCUT2D eigenvalue weighted by Crippen LogP contribution is 2.53. The summed E-state index contributed by atoms with van der Waals surface area (Å²) in [5.41, 5.74) is 11.7. The zero-order valence-electron chi connectivity index (χ0n) is 19.8. The fraction of sp³-hybridized carbons (Fsp3) is 0.0909. The van der Waals surface area contributed by atoms with Crippen LogP contribution in [0.2, 0.25) is 0 Å². The van der Waals surface area contributed by atoms with E-state index in [0.717, 1.165) is 22.5 Å². The van der Waals surface area contributed by atoms with Crippen LogP contribution in [0.25, 0.3) is 44.2 Å². The van der Waals surface area contributed by atoms with Crippen molar-refractivity contribution in [3.05, 3.63) is 120 Å². The average Bonchev–Trinajstić information content (AvgIpc) is 3.37. The highest BCUT2D eigenvalue weighted by molar-refractivity contribution is 6.11. The molecular formula is C33H25NO. The van der Waals surface area contributed by atoms with E-state index in [1.54, 1.807) is 0 Å². The second kappa shape index (κ2) is 7.35. The number of benzene rings is 5. The van der Waals surface area contributed by atoms with Crippen molar-refractivity contribution >= 4 is 33.3 Å². The average molecular weight is 452 g/mol. The Bertz CT molecular complexity index is 1720. The van der Waals surface area contributed by atoms with Gasteiger partial charge in [-0.2, -0.15) is 0 Å². The molecule has 0 spiro atoms. The Morgan fingerprint density at radius 1 is 0.600 bits per heavy atom. The molecule has 1 heterocycles. The third-order valence-electron chi connectivity index (χ3n) is 7.43. The standard InChI is InChI=1S/C33H25NO/c1-33(2)28-20-24(34-23-14-12-22(13-15-23)21-8-4-3-5-9-21)16-17-25(28)26-18-19-30-31(32(26)33)27-10-6-7-11-29(27)35-30/h3-20,34H,1-2H3. The van der Waals surface area contributed by atoms with Gasteiger partial charge < -0.3 is 9.73 Å². The first-order chi connectivity index (χ1) is 17.1. The van der Waals surface area contributed by atoms with Gasteiger partial charge >= 0.3 is 0 Å². The molecule has 2 nitrogen and oxygen atoms in total. The van der Waals surface area contributed by atoms with Crippen LogP contribution in [-0.4, -0.2) is 0 Å². The number of rotatable bonds is 3. The number of furan rings is 1. The Kier molecular flexibility index (Phi) is 4.22. The minimum Gasteiger partial charge on any atom is -0.456 e. The molecule has 0 saturated carbocycles. The van der Waals surface area contributed by atoms with Crippen molar-refractivity contribution in [2.24, 2.45) is 0 Å². The van der Waals surface area contributed by atoms with E-state index < -0.39 is 0 Å². The van der Waals surface area contributed by atoms with Crippen LogP contribution < -0.4 is 5.32 Å². The topological polar surface area (TPSA) is 25.2 Å². The Hall–Kier alpha value is -4.30. The van der Waals surface area contributed by atoms with Gasteiger partial charge in [0.05, 0.1) is 0 Å². The second-order valence-electron chi connectivity index (χ2n) is 9.91. The normalized spacial score (nSPS) is 13.7. The molecular weight excluding hydrogens is 426 g/mol. The lowest BCUT2D eigenvalue weighted by Crippen LogP contribution is -2.15. The summed E-state index contributed by atoms with van der Waals surface area (Å²) in [5, 5.41) is 6.05. The highest BCUT2D eigenvalue weighted by atomic mass is 16.3. The Morgan fingerprint density at radius 3 is 2.11 bits per heavy atom. The van der Waals surface area contributed by atoms with E-state index in [-0.39, 0.29) is 5.41 Å². The maximum Gasteiger partial charge on any atom is 0.135 e. The summed E-state index contributed by atoms with van der Waals surface area (Å²) >= 11 is 0. The smallest absolute Gasteiger partial charge is 0.135 e. The minimum absolute atomic E-state index is 0.133. The van der Waals surface area contributed by atoms with Gasteiger partial charge in [-0.1, -0.05) is 86.6 Å². The number of nitrogens with one attached hydrogen (secondary N) is 1. The molecule has 0 radical (unpaired) electrons. The Morgan fingerprint density at radius 2 is 1.29 bits per heavy atom. The van der Waals surface area contributed by atoms with Crippen molar-refractivity contribution in [3.8, 4) is 22.3 Å². The summed E-state index contributed by atoms with van der Waals surface area (Å²) in [6, 6.07) is 38.6. The number of fused-ring (bicyclic) bond motifs is 7. The van der Waals surface area contributed by atoms with E-state index in [4.69, 9.17) is 4.42 Å². The lowest BCUT2D eigenvalue weighted by atomic mass is 9.80. The van der Waals surface area contributed by atoms with Crippen LogP contribution in [0, 0.1) is 0 Å². The molecule has 1 aromatic heterocycles. The van der Waals surface area contributed by atoms with Gasteiger partial charge in [0, 0.05) is 27.6 Å². The summed E-state index contributed by atoms with van der Waals surface area (Å²) in [6.45, 7) is 4.66. The molecule has 0 atom stereocenters. The lowest BCUT2D eigenvalue weighted by molar-refractivity contribution is 0.657. The van der Waals surface area contributed by atoms with E-state index in [0.29, 0.717) is 0 Å². The molecule has 168 valence electrons. The SMILES string of the molecule is CC1(C)c2cc(Nc3ccc(-c4ccccc4)cc3)ccc2-c2ccc3oc4ccccc4c3c21. The maximum absolute atomic E-state index is 6.20. The van der Waals surface area contributed by atoms with Gasteiger partial charge in [-0.3, -0.25) is 0 Å². The molecule has 35 heavy (non-hydrogen) atoms. The highest BCUT2D eigenvalue weighted by Gasteiger charge is 2.38. The molecule has 0 unspecified atom stereocenters. The first-order valence-electron chi connectivity index (χ1n) is 12.1. The number of hydrogen-bond acceptors (Lipinski definition) is 2. The first kappa shape index (κ1) is 20.1. The number of para-hydroxylation sites is 1. The van der Waals surface area contributed by atoms with Crippen molar-refractivity contribution in [2.45, 2.75) is 19.3 Å². The van der Waals surface area contributed by atoms with E-state index in [9.17, 15) is 0 Å². The van der Waals surface area contributed by atoms with Crippen molar-refractivity contribution in [1.29, 1.82) is 0 Å². The van der Waals surface area contributed by atoms with Crippen molar-refractivity contribution in [3.63, 3.8) is 0 Å². The predicted molar refractivity (Wildman–Crippen MR) is 146 cm³/mol. The van der Waals surface area contributed by atoms with Gasteiger partial charge in [0.2, 0.25) is 0 Å². The van der Waals surface area contributed by atoms with Gasteiger partial charge in [-0.05, 0) is 69.8 Å². The van der Waals surface area contributed by atoms with Gasteiger partial charge in [0.1, 0.15) is 11.2 Å². The summed E-state index contributed by atoms with van der Waals surface area (Å²) in [7, 11) is 0. The van der Waals surface area contributed by atoms with Crippen LogP contribution in [0.5, 0.6) is 0 Å². The quantitative estimate of drug-likeness (QED) is 0.290. The molecule has 0 aliphatic heterocycles. The van der Waals surface area contributed by atoms with Crippen molar-refractivity contribution < 1.29 is 4.42 Å². The van der Waals surface area contributed by atoms with Crippen LogP contribution in [0.4, 0.5) is 11.4 Å². The van der Waals surface area contributed by atoms with Gasteiger partial charge in [-0.25, -0.2) is 0 Å².